The first-order valence-electron chi connectivity index (χ1n) is 7.09. The van der Waals surface area contributed by atoms with Crippen LogP contribution in [0.1, 0.15) is 23.1 Å². The van der Waals surface area contributed by atoms with Crippen molar-refractivity contribution in [2.45, 2.75) is 6.92 Å². The molecule has 0 aromatic carbocycles. The highest BCUT2D eigenvalue weighted by molar-refractivity contribution is 6.04. The van der Waals surface area contributed by atoms with E-state index >= 15 is 0 Å². The smallest absolute Gasteiger partial charge is 0.328 e. The minimum absolute atomic E-state index is 0.217. The summed E-state index contributed by atoms with van der Waals surface area (Å²) in [5, 5.41) is 14.0. The number of carboxylic acid groups (broad SMARTS) is 1. The standard InChI is InChI=1S/C16H18N4O4/c1-10(21)17-12-7-14(20(3)9-12)16(24)18-11-6-13(19(2)8-11)4-5-15(22)23/h4-9H,1-3H3,(H,17,21)(H,18,24)(H,22,23)/b5-4+. The van der Waals surface area contributed by atoms with Crippen LogP contribution in [0.15, 0.2) is 30.6 Å². The van der Waals surface area contributed by atoms with Gasteiger partial charge in [-0.15, -0.1) is 0 Å². The predicted molar refractivity (Wildman–Crippen MR) is 89.8 cm³/mol. The zero-order chi connectivity index (χ0) is 17.9. The molecule has 0 aliphatic rings. The monoisotopic (exact) mass is 330 g/mol. The van der Waals surface area contributed by atoms with E-state index in [4.69, 9.17) is 5.11 Å². The summed E-state index contributed by atoms with van der Waals surface area (Å²) in [5.41, 5.74) is 2.09. The van der Waals surface area contributed by atoms with Gasteiger partial charge in [-0.25, -0.2) is 4.79 Å². The number of aryl methyl sites for hydroxylation is 2. The summed E-state index contributed by atoms with van der Waals surface area (Å²) in [5.74, 6) is -1.60. The lowest BCUT2D eigenvalue weighted by atomic mass is 10.3. The summed E-state index contributed by atoms with van der Waals surface area (Å²) in [7, 11) is 3.45. The minimum atomic E-state index is -1.05. The molecule has 0 fully saturated rings. The Kier molecular flexibility index (Phi) is 4.88. The summed E-state index contributed by atoms with van der Waals surface area (Å²) in [4.78, 5) is 34.0. The number of aromatic nitrogens is 2. The molecule has 2 rings (SSSR count). The molecule has 126 valence electrons. The number of nitrogens with one attached hydrogen (secondary N) is 2. The molecule has 8 nitrogen and oxygen atoms in total. The van der Waals surface area contributed by atoms with Crippen LogP contribution >= 0.6 is 0 Å². The van der Waals surface area contributed by atoms with E-state index in [0.29, 0.717) is 22.8 Å². The van der Waals surface area contributed by atoms with Gasteiger partial charge in [0.25, 0.3) is 5.91 Å². The van der Waals surface area contributed by atoms with Crippen LogP contribution < -0.4 is 10.6 Å². The van der Waals surface area contributed by atoms with Crippen molar-refractivity contribution in [3.8, 4) is 0 Å². The first-order valence-corrected chi connectivity index (χ1v) is 7.09. The molecule has 0 aliphatic heterocycles. The fourth-order valence-electron chi connectivity index (χ4n) is 2.23. The Hall–Kier alpha value is -3.29. The van der Waals surface area contributed by atoms with Crippen LogP contribution in [0.2, 0.25) is 0 Å². The van der Waals surface area contributed by atoms with Gasteiger partial charge in [-0.3, -0.25) is 9.59 Å². The molecule has 0 spiro atoms. The topological polar surface area (TPSA) is 105 Å². The average Bonchev–Trinajstić information content (AvgIpc) is 2.98. The maximum atomic E-state index is 12.4. The van der Waals surface area contributed by atoms with E-state index in [2.05, 4.69) is 10.6 Å². The van der Waals surface area contributed by atoms with Gasteiger partial charge in [0.1, 0.15) is 5.69 Å². The quantitative estimate of drug-likeness (QED) is 0.725. The molecule has 2 aromatic rings. The van der Waals surface area contributed by atoms with Gasteiger partial charge in [0.2, 0.25) is 5.91 Å². The van der Waals surface area contributed by atoms with Gasteiger partial charge in [-0.2, -0.15) is 0 Å². The highest BCUT2D eigenvalue weighted by atomic mass is 16.4. The van der Waals surface area contributed by atoms with Crippen LogP contribution in [0.5, 0.6) is 0 Å². The molecule has 2 amide bonds. The molecule has 0 bridgehead atoms. The summed E-state index contributed by atoms with van der Waals surface area (Å²) in [6, 6.07) is 3.24. The number of aliphatic carboxylic acids is 1. The van der Waals surface area contributed by atoms with E-state index in [9.17, 15) is 14.4 Å². The highest BCUT2D eigenvalue weighted by Gasteiger charge is 2.13. The van der Waals surface area contributed by atoms with Crippen LogP contribution in [0.3, 0.4) is 0 Å². The summed E-state index contributed by atoms with van der Waals surface area (Å²) in [6.07, 6.45) is 5.78. The van der Waals surface area contributed by atoms with Gasteiger partial charge < -0.3 is 24.9 Å². The third-order valence-corrected chi connectivity index (χ3v) is 3.26. The lowest BCUT2D eigenvalue weighted by molar-refractivity contribution is -0.131. The van der Waals surface area contributed by atoms with E-state index in [1.54, 1.807) is 47.8 Å². The number of carbonyl (C=O) groups is 3. The molecule has 0 saturated carbocycles. The third kappa shape index (κ3) is 4.13. The molecule has 0 radical (unpaired) electrons. The second-order valence-electron chi connectivity index (χ2n) is 5.30. The van der Waals surface area contributed by atoms with Crippen molar-refractivity contribution in [3.63, 3.8) is 0 Å². The van der Waals surface area contributed by atoms with E-state index in [1.807, 2.05) is 0 Å². The Morgan fingerprint density at radius 2 is 1.67 bits per heavy atom. The van der Waals surface area contributed by atoms with Crippen molar-refractivity contribution in [2.24, 2.45) is 14.1 Å². The predicted octanol–water partition coefficient (Wildman–Crippen LogP) is 1.67. The van der Waals surface area contributed by atoms with E-state index < -0.39 is 5.97 Å². The Morgan fingerprint density at radius 3 is 2.29 bits per heavy atom. The maximum absolute atomic E-state index is 12.4. The fourth-order valence-corrected chi connectivity index (χ4v) is 2.23. The van der Waals surface area contributed by atoms with Crippen LogP contribution in [0.4, 0.5) is 11.4 Å². The van der Waals surface area contributed by atoms with Crippen molar-refractivity contribution >= 4 is 35.2 Å². The Morgan fingerprint density at radius 1 is 1.04 bits per heavy atom. The number of nitrogens with zero attached hydrogens (tertiary/aromatic N) is 2. The van der Waals surface area contributed by atoms with Crippen LogP contribution in [0, 0.1) is 0 Å². The van der Waals surface area contributed by atoms with Crippen LogP contribution in [-0.4, -0.2) is 32.0 Å². The molecular formula is C16H18N4O4. The normalized spacial score (nSPS) is 10.8. The molecular weight excluding hydrogens is 312 g/mol. The zero-order valence-corrected chi connectivity index (χ0v) is 13.5. The molecule has 0 unspecified atom stereocenters. The Balaban J connectivity index is 2.15. The van der Waals surface area contributed by atoms with Gasteiger partial charge in [0, 0.05) is 45.2 Å². The van der Waals surface area contributed by atoms with Gasteiger partial charge in [0.05, 0.1) is 11.4 Å². The van der Waals surface area contributed by atoms with Gasteiger partial charge in [0.15, 0.2) is 0 Å². The fraction of sp³-hybridized carbons (Fsp3) is 0.188. The van der Waals surface area contributed by atoms with Gasteiger partial charge in [-0.05, 0) is 18.2 Å². The first-order chi connectivity index (χ1) is 11.3. The number of rotatable bonds is 5. The second-order valence-corrected chi connectivity index (χ2v) is 5.30. The average molecular weight is 330 g/mol. The first kappa shape index (κ1) is 17.1. The molecule has 8 heteroatoms. The maximum Gasteiger partial charge on any atom is 0.328 e. The van der Waals surface area contributed by atoms with Crippen molar-refractivity contribution in [1.29, 1.82) is 0 Å². The molecule has 24 heavy (non-hydrogen) atoms. The van der Waals surface area contributed by atoms with E-state index in [1.165, 1.54) is 13.0 Å². The Labute approximate surface area is 138 Å². The summed E-state index contributed by atoms with van der Waals surface area (Å²) >= 11 is 0. The Bertz CT molecular complexity index is 829. The number of carbonyl (C=O) groups excluding carboxylic acids is 2. The molecule has 0 aliphatic carbocycles. The SMILES string of the molecule is CC(=O)Nc1cc(C(=O)Nc2cc(/C=C/C(=O)O)n(C)c2)n(C)c1. The van der Waals surface area contributed by atoms with Crippen molar-refractivity contribution in [3.05, 3.63) is 42.0 Å². The molecule has 0 atom stereocenters. The molecule has 2 aromatic heterocycles. The number of hydrogen-bond acceptors (Lipinski definition) is 3. The van der Waals surface area contributed by atoms with Crippen molar-refractivity contribution in [1.82, 2.24) is 9.13 Å². The lowest BCUT2D eigenvalue weighted by Crippen LogP contribution is -2.14. The molecule has 3 N–H and O–H groups in total. The summed E-state index contributed by atoms with van der Waals surface area (Å²) < 4.78 is 3.30. The molecule has 2 heterocycles. The minimum Gasteiger partial charge on any atom is -0.478 e. The van der Waals surface area contributed by atoms with Gasteiger partial charge in [-0.1, -0.05) is 0 Å². The molecule has 0 saturated heterocycles. The third-order valence-electron chi connectivity index (χ3n) is 3.26. The number of anilines is 2. The number of amides is 2. The van der Waals surface area contributed by atoms with Crippen molar-refractivity contribution in [2.75, 3.05) is 10.6 Å². The summed E-state index contributed by atoms with van der Waals surface area (Å²) in [6.45, 7) is 1.39. The van der Waals surface area contributed by atoms with Crippen LogP contribution in [0.25, 0.3) is 6.08 Å². The van der Waals surface area contributed by atoms with E-state index in [0.717, 1.165) is 6.08 Å². The second kappa shape index (κ2) is 6.86. The number of hydrogen-bond donors (Lipinski definition) is 3. The highest BCUT2D eigenvalue weighted by Crippen LogP contribution is 2.18. The van der Waals surface area contributed by atoms with E-state index in [-0.39, 0.29) is 11.8 Å². The largest absolute Gasteiger partial charge is 0.478 e. The zero-order valence-electron chi connectivity index (χ0n) is 13.5. The lowest BCUT2D eigenvalue weighted by Gasteiger charge is -2.03. The van der Waals surface area contributed by atoms with Crippen LogP contribution in [-0.2, 0) is 23.7 Å². The van der Waals surface area contributed by atoms with Gasteiger partial charge >= 0.3 is 5.97 Å². The number of carboxylic acids is 1. The van der Waals surface area contributed by atoms with Crippen molar-refractivity contribution < 1.29 is 19.5 Å².